The highest BCUT2D eigenvalue weighted by molar-refractivity contribution is 5.93. The van der Waals surface area contributed by atoms with Gasteiger partial charge in [-0.15, -0.1) is 0 Å². The summed E-state index contributed by atoms with van der Waals surface area (Å²) < 4.78 is 0. The lowest BCUT2D eigenvalue weighted by molar-refractivity contribution is 0.0953. The third-order valence-electron chi connectivity index (χ3n) is 2.84. The third-order valence-corrected chi connectivity index (χ3v) is 2.84. The standard InChI is InChI=1S/C15H18N4O/c1-3-8-16-14(20)12-9-17-15(18-10-12)19-13-7-5-4-6-11(13)2/h4-7,9-10H,3,8H2,1-2H3,(H,16,20)(H,17,18,19). The Bertz CT molecular complexity index is 581. The van der Waals surface area contributed by atoms with Crippen LogP contribution in [0, 0.1) is 6.92 Å². The molecule has 0 saturated carbocycles. The van der Waals surface area contributed by atoms with Crippen molar-refractivity contribution in [2.45, 2.75) is 20.3 Å². The molecule has 1 aromatic carbocycles. The van der Waals surface area contributed by atoms with Crippen LogP contribution in [0.3, 0.4) is 0 Å². The molecule has 0 aliphatic heterocycles. The largest absolute Gasteiger partial charge is 0.352 e. The summed E-state index contributed by atoms with van der Waals surface area (Å²) in [5, 5.41) is 5.92. The quantitative estimate of drug-likeness (QED) is 0.876. The van der Waals surface area contributed by atoms with E-state index in [4.69, 9.17) is 0 Å². The molecule has 5 heteroatoms. The Kier molecular flexibility index (Phi) is 4.65. The molecular formula is C15H18N4O. The number of aromatic nitrogens is 2. The second-order valence-corrected chi connectivity index (χ2v) is 4.49. The second kappa shape index (κ2) is 6.65. The Hall–Kier alpha value is -2.43. The van der Waals surface area contributed by atoms with Gasteiger partial charge in [-0.05, 0) is 25.0 Å². The van der Waals surface area contributed by atoms with Crippen LogP contribution >= 0.6 is 0 Å². The van der Waals surface area contributed by atoms with Crippen molar-refractivity contribution in [3.05, 3.63) is 47.8 Å². The van der Waals surface area contributed by atoms with Gasteiger partial charge in [0.05, 0.1) is 5.56 Å². The van der Waals surface area contributed by atoms with Crippen LogP contribution in [0.15, 0.2) is 36.7 Å². The van der Waals surface area contributed by atoms with E-state index in [1.54, 1.807) is 0 Å². The van der Waals surface area contributed by atoms with E-state index >= 15 is 0 Å². The van der Waals surface area contributed by atoms with Crippen LogP contribution in [0.25, 0.3) is 0 Å². The van der Waals surface area contributed by atoms with Crippen LogP contribution in [0.4, 0.5) is 11.6 Å². The number of para-hydroxylation sites is 1. The summed E-state index contributed by atoms with van der Waals surface area (Å²) in [5.74, 6) is 0.334. The molecule has 0 aliphatic rings. The van der Waals surface area contributed by atoms with Crippen molar-refractivity contribution >= 4 is 17.5 Å². The first kappa shape index (κ1) is 14.0. The molecule has 0 spiro atoms. The number of nitrogens with zero attached hydrogens (tertiary/aromatic N) is 2. The lowest BCUT2D eigenvalue weighted by atomic mass is 10.2. The molecule has 0 bridgehead atoms. The van der Waals surface area contributed by atoms with E-state index in [0.29, 0.717) is 18.1 Å². The van der Waals surface area contributed by atoms with E-state index in [1.807, 2.05) is 38.1 Å². The maximum atomic E-state index is 11.7. The average molecular weight is 270 g/mol. The predicted octanol–water partition coefficient (Wildman–Crippen LogP) is 2.67. The number of amides is 1. The van der Waals surface area contributed by atoms with Crippen LogP contribution in [0.2, 0.25) is 0 Å². The molecule has 1 heterocycles. The molecule has 2 rings (SSSR count). The minimum Gasteiger partial charge on any atom is -0.352 e. The zero-order valence-electron chi connectivity index (χ0n) is 11.7. The summed E-state index contributed by atoms with van der Waals surface area (Å²) in [6.07, 6.45) is 3.96. The monoisotopic (exact) mass is 270 g/mol. The first-order chi connectivity index (χ1) is 9.70. The Balaban J connectivity index is 2.05. The van der Waals surface area contributed by atoms with Gasteiger partial charge in [0, 0.05) is 24.6 Å². The van der Waals surface area contributed by atoms with Gasteiger partial charge in [-0.2, -0.15) is 0 Å². The minimum atomic E-state index is -0.144. The molecule has 2 N–H and O–H groups in total. The van der Waals surface area contributed by atoms with E-state index in [-0.39, 0.29) is 5.91 Å². The number of hydrogen-bond donors (Lipinski definition) is 2. The van der Waals surface area contributed by atoms with E-state index in [9.17, 15) is 4.79 Å². The van der Waals surface area contributed by atoms with Gasteiger partial charge >= 0.3 is 0 Å². The molecule has 20 heavy (non-hydrogen) atoms. The van der Waals surface area contributed by atoms with E-state index in [2.05, 4.69) is 20.6 Å². The number of rotatable bonds is 5. The normalized spacial score (nSPS) is 10.1. The van der Waals surface area contributed by atoms with Crippen LogP contribution in [-0.2, 0) is 0 Å². The predicted molar refractivity (Wildman–Crippen MR) is 79.1 cm³/mol. The first-order valence-electron chi connectivity index (χ1n) is 6.63. The molecule has 1 aromatic heterocycles. The van der Waals surface area contributed by atoms with Gasteiger partial charge in [-0.3, -0.25) is 4.79 Å². The van der Waals surface area contributed by atoms with Crippen LogP contribution in [0.5, 0.6) is 0 Å². The SMILES string of the molecule is CCCNC(=O)c1cnc(Nc2ccccc2C)nc1. The number of carbonyl (C=O) groups is 1. The third kappa shape index (κ3) is 3.54. The zero-order chi connectivity index (χ0) is 14.4. The van der Waals surface area contributed by atoms with Gasteiger partial charge in [0.25, 0.3) is 5.91 Å². The van der Waals surface area contributed by atoms with Crippen LogP contribution < -0.4 is 10.6 Å². The number of carbonyl (C=O) groups excluding carboxylic acids is 1. The maximum absolute atomic E-state index is 11.7. The molecule has 1 amide bonds. The summed E-state index contributed by atoms with van der Waals surface area (Å²) in [7, 11) is 0. The van der Waals surface area contributed by atoms with Crippen molar-refractivity contribution < 1.29 is 4.79 Å². The fourth-order valence-electron chi connectivity index (χ4n) is 1.68. The zero-order valence-corrected chi connectivity index (χ0v) is 11.7. The van der Waals surface area contributed by atoms with Gasteiger partial charge in [0.1, 0.15) is 0 Å². The highest BCUT2D eigenvalue weighted by Gasteiger charge is 2.06. The molecule has 0 unspecified atom stereocenters. The maximum Gasteiger partial charge on any atom is 0.254 e. The van der Waals surface area contributed by atoms with Crippen molar-refractivity contribution in [2.75, 3.05) is 11.9 Å². The first-order valence-corrected chi connectivity index (χ1v) is 6.63. The van der Waals surface area contributed by atoms with Crippen LogP contribution in [0.1, 0.15) is 29.3 Å². The van der Waals surface area contributed by atoms with Gasteiger partial charge in [-0.1, -0.05) is 25.1 Å². The van der Waals surface area contributed by atoms with Crippen LogP contribution in [-0.4, -0.2) is 22.4 Å². The molecule has 5 nitrogen and oxygen atoms in total. The van der Waals surface area contributed by atoms with Gasteiger partial charge in [0.15, 0.2) is 0 Å². The molecule has 2 aromatic rings. The summed E-state index contributed by atoms with van der Waals surface area (Å²) in [5.41, 5.74) is 2.53. The molecule has 0 atom stereocenters. The number of anilines is 2. The Morgan fingerprint density at radius 3 is 2.55 bits per heavy atom. The van der Waals surface area contributed by atoms with Crippen molar-refractivity contribution in [1.29, 1.82) is 0 Å². The molecular weight excluding hydrogens is 252 g/mol. The van der Waals surface area contributed by atoms with Gasteiger partial charge < -0.3 is 10.6 Å². The molecule has 0 saturated heterocycles. The number of hydrogen-bond acceptors (Lipinski definition) is 4. The smallest absolute Gasteiger partial charge is 0.254 e. The average Bonchev–Trinajstić information content (AvgIpc) is 2.48. The fourth-order valence-corrected chi connectivity index (χ4v) is 1.68. The number of aryl methyl sites for hydroxylation is 1. The highest BCUT2D eigenvalue weighted by atomic mass is 16.1. The van der Waals surface area contributed by atoms with E-state index < -0.39 is 0 Å². The second-order valence-electron chi connectivity index (χ2n) is 4.49. The Morgan fingerprint density at radius 1 is 1.20 bits per heavy atom. The summed E-state index contributed by atoms with van der Waals surface area (Å²) in [6, 6.07) is 7.89. The summed E-state index contributed by atoms with van der Waals surface area (Å²) >= 11 is 0. The number of benzene rings is 1. The summed E-state index contributed by atoms with van der Waals surface area (Å²) in [4.78, 5) is 20.0. The Morgan fingerprint density at radius 2 is 1.90 bits per heavy atom. The molecule has 0 fully saturated rings. The van der Waals surface area contributed by atoms with Crippen molar-refractivity contribution in [3.8, 4) is 0 Å². The minimum absolute atomic E-state index is 0.144. The van der Waals surface area contributed by atoms with E-state index in [1.165, 1.54) is 12.4 Å². The molecule has 104 valence electrons. The topological polar surface area (TPSA) is 66.9 Å². The summed E-state index contributed by atoms with van der Waals surface area (Å²) in [6.45, 7) is 4.67. The molecule has 0 radical (unpaired) electrons. The van der Waals surface area contributed by atoms with Crippen molar-refractivity contribution in [2.24, 2.45) is 0 Å². The highest BCUT2D eigenvalue weighted by Crippen LogP contribution is 2.16. The van der Waals surface area contributed by atoms with Crippen molar-refractivity contribution in [1.82, 2.24) is 15.3 Å². The van der Waals surface area contributed by atoms with Gasteiger partial charge in [-0.25, -0.2) is 9.97 Å². The Labute approximate surface area is 118 Å². The van der Waals surface area contributed by atoms with Crippen molar-refractivity contribution in [3.63, 3.8) is 0 Å². The fraction of sp³-hybridized carbons (Fsp3) is 0.267. The number of nitrogens with one attached hydrogen (secondary N) is 2. The lowest BCUT2D eigenvalue weighted by Crippen LogP contribution is -2.24. The molecule has 0 aliphatic carbocycles. The van der Waals surface area contributed by atoms with Gasteiger partial charge in [0.2, 0.25) is 5.95 Å². The lowest BCUT2D eigenvalue weighted by Gasteiger charge is -2.08. The van der Waals surface area contributed by atoms with E-state index in [0.717, 1.165) is 17.7 Å².